The van der Waals surface area contributed by atoms with E-state index < -0.39 is 58.4 Å². The predicted molar refractivity (Wildman–Crippen MR) is 102 cm³/mol. The number of Topliss-reactive ketones (excluding diaryl/α,β-unsaturated/α-hetero) is 2. The summed E-state index contributed by atoms with van der Waals surface area (Å²) in [6, 6.07) is 1.02. The first-order valence-corrected chi connectivity index (χ1v) is 9.65. The van der Waals surface area contributed by atoms with Gasteiger partial charge in [0.15, 0.2) is 17.1 Å². The van der Waals surface area contributed by atoms with E-state index in [0.717, 1.165) is 19.9 Å². The van der Waals surface area contributed by atoms with E-state index in [1.807, 2.05) is 0 Å². The number of hydrogen-bond donors (Lipinski definition) is 2. The number of hydrogen-bond acceptors (Lipinski definition) is 9. The lowest BCUT2D eigenvalue weighted by Crippen LogP contribution is -2.63. The molecule has 0 saturated carbocycles. The first-order valence-electron chi connectivity index (χ1n) is 9.65. The molecule has 162 valence electrons. The summed E-state index contributed by atoms with van der Waals surface area (Å²) in [6.45, 7) is 6.59. The van der Waals surface area contributed by atoms with E-state index in [1.54, 1.807) is 13.8 Å². The molecule has 9 heteroatoms. The average molecular weight is 420 g/mol. The Morgan fingerprint density at radius 2 is 1.93 bits per heavy atom. The first-order chi connectivity index (χ1) is 13.9. The fourth-order valence-electron chi connectivity index (χ4n) is 3.65. The Labute approximate surface area is 172 Å². The van der Waals surface area contributed by atoms with Crippen LogP contribution in [0.5, 0.6) is 5.75 Å². The molecule has 1 aliphatic carbocycles. The van der Waals surface area contributed by atoms with Crippen LogP contribution in [0, 0.1) is 5.92 Å². The van der Waals surface area contributed by atoms with Gasteiger partial charge in [-0.25, -0.2) is 0 Å². The van der Waals surface area contributed by atoms with E-state index in [9.17, 15) is 29.4 Å². The van der Waals surface area contributed by atoms with Gasteiger partial charge < -0.3 is 24.1 Å². The van der Waals surface area contributed by atoms with E-state index in [1.165, 1.54) is 6.92 Å². The summed E-state index contributed by atoms with van der Waals surface area (Å²) < 4.78 is 16.3. The Morgan fingerprint density at radius 1 is 1.30 bits per heavy atom. The quantitative estimate of drug-likeness (QED) is 0.542. The molecule has 2 heterocycles. The van der Waals surface area contributed by atoms with Gasteiger partial charge in [0.25, 0.3) is 0 Å². The number of fused-ring (bicyclic) bond motifs is 1. The number of carbonyl (C=O) groups is 3. The van der Waals surface area contributed by atoms with Gasteiger partial charge in [-0.2, -0.15) is 0 Å². The molecule has 0 radical (unpaired) electrons. The molecule has 4 atom stereocenters. The molecule has 2 N–H and O–H groups in total. The lowest BCUT2D eigenvalue weighted by Gasteiger charge is -2.43. The van der Waals surface area contributed by atoms with Crippen LogP contribution in [0.15, 0.2) is 26.6 Å². The summed E-state index contributed by atoms with van der Waals surface area (Å²) in [5, 5.41) is 20.3. The highest BCUT2D eigenvalue weighted by Crippen LogP contribution is 2.47. The molecule has 1 aliphatic heterocycles. The highest BCUT2D eigenvalue weighted by Gasteiger charge is 2.63. The van der Waals surface area contributed by atoms with E-state index in [4.69, 9.17) is 13.9 Å². The topological polar surface area (TPSA) is 140 Å². The third-order valence-electron chi connectivity index (χ3n) is 5.73. The second-order valence-corrected chi connectivity index (χ2v) is 7.99. The molecule has 0 aromatic carbocycles. The second-order valence-electron chi connectivity index (χ2n) is 7.99. The SMILES string of the molecule is CC[C@@H](C)C(=O)O[C@]1(C)C(=O)C2=C(Oc3c(oc(CO)cc3=O)[C@H]2C)[C@@](C)(O)C1=O. The van der Waals surface area contributed by atoms with E-state index in [-0.39, 0.29) is 22.8 Å². The Bertz CT molecular complexity index is 1030. The number of aliphatic hydroxyl groups is 2. The van der Waals surface area contributed by atoms with Crippen LogP contribution in [0.3, 0.4) is 0 Å². The van der Waals surface area contributed by atoms with Crippen molar-refractivity contribution < 1.29 is 38.5 Å². The zero-order valence-corrected chi connectivity index (χ0v) is 17.4. The van der Waals surface area contributed by atoms with E-state index in [2.05, 4.69) is 0 Å². The maximum absolute atomic E-state index is 13.4. The molecule has 0 bridgehead atoms. The van der Waals surface area contributed by atoms with Crippen LogP contribution >= 0.6 is 0 Å². The maximum atomic E-state index is 13.4. The third-order valence-corrected chi connectivity index (χ3v) is 5.73. The molecule has 2 aliphatic rings. The Balaban J connectivity index is 2.17. The van der Waals surface area contributed by atoms with Gasteiger partial charge >= 0.3 is 5.97 Å². The van der Waals surface area contributed by atoms with Gasteiger partial charge in [-0.15, -0.1) is 0 Å². The van der Waals surface area contributed by atoms with Crippen molar-refractivity contribution in [3.8, 4) is 5.75 Å². The van der Waals surface area contributed by atoms with Gasteiger partial charge in [0.1, 0.15) is 12.4 Å². The van der Waals surface area contributed by atoms with Crippen molar-refractivity contribution in [2.24, 2.45) is 5.92 Å². The highest BCUT2D eigenvalue weighted by atomic mass is 16.6. The molecule has 1 aromatic heterocycles. The fraction of sp³-hybridized carbons (Fsp3) is 0.524. The van der Waals surface area contributed by atoms with Crippen LogP contribution in [0.1, 0.15) is 58.5 Å². The van der Waals surface area contributed by atoms with E-state index in [0.29, 0.717) is 6.42 Å². The largest absolute Gasteiger partial charge is 0.459 e. The maximum Gasteiger partial charge on any atom is 0.310 e. The summed E-state index contributed by atoms with van der Waals surface area (Å²) in [5.74, 6) is -4.87. The summed E-state index contributed by atoms with van der Waals surface area (Å²) >= 11 is 0. The predicted octanol–water partition coefficient (Wildman–Crippen LogP) is 1.13. The van der Waals surface area contributed by atoms with Crippen LogP contribution in [0.25, 0.3) is 0 Å². The minimum absolute atomic E-state index is 0.0283. The van der Waals surface area contributed by atoms with Crippen molar-refractivity contribution in [1.29, 1.82) is 0 Å². The molecule has 1 aromatic rings. The monoisotopic (exact) mass is 420 g/mol. The molecular formula is C21H24O9. The lowest BCUT2D eigenvalue weighted by atomic mass is 9.70. The molecule has 9 nitrogen and oxygen atoms in total. The fourth-order valence-corrected chi connectivity index (χ4v) is 3.65. The smallest absolute Gasteiger partial charge is 0.310 e. The molecule has 0 fully saturated rings. The highest BCUT2D eigenvalue weighted by molar-refractivity contribution is 6.24. The van der Waals surface area contributed by atoms with Crippen molar-refractivity contribution in [3.63, 3.8) is 0 Å². The number of esters is 1. The normalized spacial score (nSPS) is 29.1. The summed E-state index contributed by atoms with van der Waals surface area (Å²) in [6.07, 6.45) is 0.434. The van der Waals surface area contributed by atoms with Gasteiger partial charge in [0, 0.05) is 6.07 Å². The minimum Gasteiger partial charge on any atom is -0.459 e. The summed E-state index contributed by atoms with van der Waals surface area (Å²) in [5.41, 5.74) is -5.37. The molecule has 30 heavy (non-hydrogen) atoms. The van der Waals surface area contributed by atoms with Crippen molar-refractivity contribution >= 4 is 17.5 Å². The zero-order chi connectivity index (χ0) is 22.6. The van der Waals surface area contributed by atoms with Crippen molar-refractivity contribution in [1.82, 2.24) is 0 Å². The van der Waals surface area contributed by atoms with Crippen molar-refractivity contribution in [3.05, 3.63) is 39.1 Å². The molecular weight excluding hydrogens is 396 g/mol. The molecule has 0 unspecified atom stereocenters. The van der Waals surface area contributed by atoms with E-state index >= 15 is 0 Å². The summed E-state index contributed by atoms with van der Waals surface area (Å²) in [4.78, 5) is 51.2. The number of ether oxygens (including phenoxy) is 2. The number of ketones is 2. The molecule has 0 amide bonds. The standard InChI is InChI=1S/C21H24O9/c1-6-9(2)18(25)30-21(5)16(24)13-10(3)14-15(12(23)7-11(8-22)28-14)29-17(13)20(4,27)19(21)26/h7,9-10,22,27H,6,8H2,1-5H3/t9-,10+,20-,21-/m1/s1. The summed E-state index contributed by atoms with van der Waals surface area (Å²) in [7, 11) is 0. The van der Waals surface area contributed by atoms with Gasteiger partial charge in [-0.3, -0.25) is 19.2 Å². The van der Waals surface area contributed by atoms with Gasteiger partial charge in [-0.1, -0.05) is 20.8 Å². The number of aliphatic hydroxyl groups excluding tert-OH is 1. The van der Waals surface area contributed by atoms with Crippen LogP contribution in [0.2, 0.25) is 0 Å². The van der Waals surface area contributed by atoms with Crippen molar-refractivity contribution in [2.45, 2.75) is 64.8 Å². The second kappa shape index (κ2) is 7.17. The molecule has 0 spiro atoms. The van der Waals surface area contributed by atoms with Crippen LogP contribution in [-0.2, 0) is 25.7 Å². The van der Waals surface area contributed by atoms with Crippen LogP contribution < -0.4 is 10.2 Å². The molecule has 0 saturated heterocycles. The average Bonchev–Trinajstić information content (AvgIpc) is 2.70. The van der Waals surface area contributed by atoms with Gasteiger partial charge in [0.05, 0.1) is 17.4 Å². The third kappa shape index (κ3) is 3.00. The van der Waals surface area contributed by atoms with Crippen LogP contribution in [0.4, 0.5) is 0 Å². The lowest BCUT2D eigenvalue weighted by molar-refractivity contribution is -0.181. The Hall–Kier alpha value is -2.78. The van der Waals surface area contributed by atoms with Gasteiger partial charge in [-0.05, 0) is 20.3 Å². The Kier molecular flexibility index (Phi) is 5.24. The zero-order valence-electron chi connectivity index (χ0n) is 17.4. The van der Waals surface area contributed by atoms with Gasteiger partial charge in [0.2, 0.25) is 28.3 Å². The Morgan fingerprint density at radius 3 is 2.50 bits per heavy atom. The van der Waals surface area contributed by atoms with Crippen molar-refractivity contribution in [2.75, 3.05) is 0 Å². The molecule has 3 rings (SSSR count). The number of carbonyl (C=O) groups excluding carboxylic acids is 3. The first kappa shape index (κ1) is 21.9. The minimum atomic E-state index is -2.33. The number of rotatable bonds is 4. The van der Waals surface area contributed by atoms with Crippen LogP contribution in [-0.4, -0.2) is 39.0 Å².